The van der Waals surface area contributed by atoms with Gasteiger partial charge in [0.2, 0.25) is 0 Å². The van der Waals surface area contributed by atoms with Gasteiger partial charge < -0.3 is 5.32 Å². The number of amides is 2. The molecule has 0 fully saturated rings. The van der Waals surface area contributed by atoms with Gasteiger partial charge in [0.25, 0.3) is 17.5 Å². The van der Waals surface area contributed by atoms with Gasteiger partial charge in [0, 0.05) is 39.5 Å². The van der Waals surface area contributed by atoms with E-state index >= 15 is 0 Å². The number of nitro benzene ring substituents is 1. The first-order valence-corrected chi connectivity index (χ1v) is 9.05. The standard InChI is InChI=1S/C21H15ClN4O4/c22-19-11-10-18(26(29)30)12-16(19)13-23-25-21(28)15-6-8-17(9-7-15)24-20(27)14-4-2-1-3-5-14/h1-13H,(H,24,27)(H,25,28). The lowest BCUT2D eigenvalue weighted by atomic mass is 10.1. The van der Waals surface area contributed by atoms with Crippen molar-refractivity contribution in [1.29, 1.82) is 0 Å². The van der Waals surface area contributed by atoms with Crippen molar-refractivity contribution in [3.05, 3.63) is 105 Å². The van der Waals surface area contributed by atoms with Crippen LogP contribution < -0.4 is 10.7 Å². The van der Waals surface area contributed by atoms with Crippen LogP contribution in [-0.2, 0) is 0 Å². The van der Waals surface area contributed by atoms with Crippen molar-refractivity contribution >= 4 is 41.0 Å². The van der Waals surface area contributed by atoms with E-state index in [0.29, 0.717) is 22.4 Å². The molecule has 0 heterocycles. The Balaban J connectivity index is 1.61. The van der Waals surface area contributed by atoms with Gasteiger partial charge >= 0.3 is 0 Å². The average molecular weight is 423 g/mol. The Labute approximate surface area is 176 Å². The molecule has 150 valence electrons. The molecule has 0 aliphatic heterocycles. The van der Waals surface area contributed by atoms with Crippen molar-refractivity contribution < 1.29 is 14.5 Å². The minimum atomic E-state index is -0.551. The summed E-state index contributed by atoms with van der Waals surface area (Å²) in [5.41, 5.74) is 3.85. The number of hydrogen-bond acceptors (Lipinski definition) is 5. The van der Waals surface area contributed by atoms with Gasteiger partial charge in [-0.25, -0.2) is 5.43 Å². The maximum atomic E-state index is 12.2. The average Bonchev–Trinajstić information content (AvgIpc) is 2.76. The summed E-state index contributed by atoms with van der Waals surface area (Å²) in [6.45, 7) is 0. The van der Waals surface area contributed by atoms with Gasteiger partial charge in [-0.15, -0.1) is 0 Å². The number of nitrogens with zero attached hydrogens (tertiary/aromatic N) is 2. The second-order valence-electron chi connectivity index (χ2n) is 6.06. The number of carbonyl (C=O) groups excluding carboxylic acids is 2. The molecule has 9 heteroatoms. The fourth-order valence-electron chi connectivity index (χ4n) is 2.47. The fraction of sp³-hybridized carbons (Fsp3) is 0. The lowest BCUT2D eigenvalue weighted by Gasteiger charge is -2.06. The molecule has 3 aromatic rings. The molecular weight excluding hydrogens is 408 g/mol. The van der Waals surface area contributed by atoms with Crippen LogP contribution in [0.1, 0.15) is 26.3 Å². The van der Waals surface area contributed by atoms with Crippen LogP contribution in [0.15, 0.2) is 77.9 Å². The monoisotopic (exact) mass is 422 g/mol. The molecular formula is C21H15ClN4O4. The summed E-state index contributed by atoms with van der Waals surface area (Å²) in [7, 11) is 0. The molecule has 0 saturated heterocycles. The van der Waals surface area contributed by atoms with Crippen LogP contribution in [0.25, 0.3) is 0 Å². The molecule has 0 aliphatic carbocycles. The molecule has 0 radical (unpaired) electrons. The van der Waals surface area contributed by atoms with Crippen LogP contribution in [0.2, 0.25) is 5.02 Å². The van der Waals surface area contributed by atoms with Crippen molar-refractivity contribution in [2.24, 2.45) is 5.10 Å². The summed E-state index contributed by atoms with van der Waals surface area (Å²) in [6, 6.07) is 18.9. The Morgan fingerprint density at radius 1 is 0.933 bits per heavy atom. The number of rotatable bonds is 6. The molecule has 8 nitrogen and oxygen atoms in total. The van der Waals surface area contributed by atoms with E-state index in [9.17, 15) is 19.7 Å². The highest BCUT2D eigenvalue weighted by atomic mass is 35.5. The maximum absolute atomic E-state index is 12.2. The molecule has 0 bridgehead atoms. The SMILES string of the molecule is O=C(NN=Cc1cc([N+](=O)[O-])ccc1Cl)c1ccc(NC(=O)c2ccccc2)cc1. The highest BCUT2D eigenvalue weighted by Gasteiger charge is 2.09. The molecule has 0 unspecified atom stereocenters. The number of hydrazone groups is 1. The molecule has 0 aliphatic rings. The van der Waals surface area contributed by atoms with Crippen molar-refractivity contribution in [2.45, 2.75) is 0 Å². The second kappa shape index (κ2) is 9.44. The van der Waals surface area contributed by atoms with E-state index in [1.54, 1.807) is 36.4 Å². The predicted octanol–water partition coefficient (Wildman–Crippen LogP) is 4.26. The quantitative estimate of drug-likeness (QED) is 0.351. The summed E-state index contributed by atoms with van der Waals surface area (Å²) in [5, 5.41) is 17.6. The number of halogens is 1. The number of anilines is 1. The molecule has 0 saturated carbocycles. The van der Waals surface area contributed by atoms with Crippen LogP contribution in [0.4, 0.5) is 11.4 Å². The summed E-state index contributed by atoms with van der Waals surface area (Å²) in [4.78, 5) is 34.6. The third-order valence-corrected chi connectivity index (χ3v) is 4.35. The molecule has 30 heavy (non-hydrogen) atoms. The van der Waals surface area contributed by atoms with E-state index < -0.39 is 10.8 Å². The van der Waals surface area contributed by atoms with Gasteiger partial charge in [0.05, 0.1) is 11.1 Å². The molecule has 0 aromatic heterocycles. The van der Waals surface area contributed by atoms with Gasteiger partial charge in [-0.1, -0.05) is 29.8 Å². The van der Waals surface area contributed by atoms with Crippen LogP contribution in [-0.4, -0.2) is 23.0 Å². The first-order chi connectivity index (χ1) is 14.4. The Kier molecular flexibility index (Phi) is 6.51. The van der Waals surface area contributed by atoms with E-state index in [2.05, 4.69) is 15.8 Å². The summed E-state index contributed by atoms with van der Waals surface area (Å²) >= 11 is 5.98. The highest BCUT2D eigenvalue weighted by molar-refractivity contribution is 6.33. The number of nitrogens with one attached hydrogen (secondary N) is 2. The third-order valence-electron chi connectivity index (χ3n) is 4.00. The Bertz CT molecular complexity index is 1120. The molecule has 0 spiro atoms. The largest absolute Gasteiger partial charge is 0.322 e. The van der Waals surface area contributed by atoms with E-state index in [-0.39, 0.29) is 16.6 Å². The first-order valence-electron chi connectivity index (χ1n) is 8.68. The zero-order chi connectivity index (χ0) is 21.5. The van der Waals surface area contributed by atoms with Crippen LogP contribution >= 0.6 is 11.6 Å². The third kappa shape index (κ3) is 5.27. The Hall–Kier alpha value is -4.04. The van der Waals surface area contributed by atoms with Crippen LogP contribution in [0.5, 0.6) is 0 Å². The van der Waals surface area contributed by atoms with Gasteiger partial charge in [-0.3, -0.25) is 19.7 Å². The minimum Gasteiger partial charge on any atom is -0.322 e. The number of non-ortho nitro benzene ring substituents is 1. The van der Waals surface area contributed by atoms with E-state index in [1.165, 1.54) is 36.5 Å². The van der Waals surface area contributed by atoms with Crippen molar-refractivity contribution in [3.8, 4) is 0 Å². The zero-order valence-corrected chi connectivity index (χ0v) is 16.2. The first kappa shape index (κ1) is 20.7. The molecule has 3 rings (SSSR count). The van der Waals surface area contributed by atoms with Gasteiger partial charge in [0.1, 0.15) is 0 Å². The normalized spacial score (nSPS) is 10.6. The summed E-state index contributed by atoms with van der Waals surface area (Å²) in [5.74, 6) is -0.750. The number of carbonyl (C=O) groups is 2. The molecule has 3 aromatic carbocycles. The molecule has 2 amide bonds. The van der Waals surface area contributed by atoms with E-state index in [1.807, 2.05) is 6.07 Å². The number of nitro groups is 1. The minimum absolute atomic E-state index is 0.139. The number of benzene rings is 3. The van der Waals surface area contributed by atoms with E-state index in [4.69, 9.17) is 11.6 Å². The maximum Gasteiger partial charge on any atom is 0.271 e. The van der Waals surface area contributed by atoms with Gasteiger partial charge in [-0.2, -0.15) is 5.10 Å². The summed E-state index contributed by atoms with van der Waals surface area (Å²) < 4.78 is 0. The fourth-order valence-corrected chi connectivity index (χ4v) is 2.63. The molecule has 2 N–H and O–H groups in total. The molecule has 0 atom stereocenters. The summed E-state index contributed by atoms with van der Waals surface area (Å²) in [6.07, 6.45) is 1.22. The van der Waals surface area contributed by atoms with Crippen molar-refractivity contribution in [3.63, 3.8) is 0 Å². The second-order valence-corrected chi connectivity index (χ2v) is 6.47. The van der Waals surface area contributed by atoms with Gasteiger partial charge in [0.15, 0.2) is 0 Å². The van der Waals surface area contributed by atoms with Crippen LogP contribution in [0.3, 0.4) is 0 Å². The van der Waals surface area contributed by atoms with Crippen molar-refractivity contribution in [1.82, 2.24) is 5.43 Å². The van der Waals surface area contributed by atoms with Crippen LogP contribution in [0, 0.1) is 10.1 Å². The Morgan fingerprint density at radius 3 is 2.27 bits per heavy atom. The predicted molar refractivity (Wildman–Crippen MR) is 114 cm³/mol. The number of hydrogen-bond donors (Lipinski definition) is 2. The Morgan fingerprint density at radius 2 is 1.60 bits per heavy atom. The highest BCUT2D eigenvalue weighted by Crippen LogP contribution is 2.20. The van der Waals surface area contributed by atoms with E-state index in [0.717, 1.165) is 0 Å². The smallest absolute Gasteiger partial charge is 0.271 e. The van der Waals surface area contributed by atoms with Gasteiger partial charge in [-0.05, 0) is 42.5 Å². The lowest BCUT2D eigenvalue weighted by molar-refractivity contribution is -0.384. The lowest BCUT2D eigenvalue weighted by Crippen LogP contribution is -2.18. The van der Waals surface area contributed by atoms with Crippen molar-refractivity contribution in [2.75, 3.05) is 5.32 Å². The topological polar surface area (TPSA) is 114 Å². The zero-order valence-electron chi connectivity index (χ0n) is 15.4.